The Balaban J connectivity index is 1.52. The molecule has 2 atom stereocenters. The first kappa shape index (κ1) is 21.1. The predicted molar refractivity (Wildman–Crippen MR) is 123 cm³/mol. The first-order valence-corrected chi connectivity index (χ1v) is 10.9. The smallest absolute Gasteiger partial charge is 0.315 e. The minimum absolute atomic E-state index is 0.0191. The number of benzene rings is 2. The quantitative estimate of drug-likeness (QED) is 0.508. The van der Waals surface area contributed by atoms with Crippen LogP contribution >= 0.6 is 0 Å². The van der Waals surface area contributed by atoms with Crippen LogP contribution in [0.25, 0.3) is 10.9 Å². The Morgan fingerprint density at radius 1 is 1.10 bits per heavy atom. The van der Waals surface area contributed by atoms with Gasteiger partial charge in [-0.15, -0.1) is 0 Å². The Morgan fingerprint density at radius 2 is 1.87 bits per heavy atom. The van der Waals surface area contributed by atoms with E-state index in [0.29, 0.717) is 11.5 Å². The number of carbonyl (C=O) groups excluding carboxylic acids is 1. The van der Waals surface area contributed by atoms with Gasteiger partial charge >= 0.3 is 6.03 Å². The van der Waals surface area contributed by atoms with Crippen molar-refractivity contribution < 1.29 is 14.3 Å². The van der Waals surface area contributed by atoms with E-state index in [0.717, 1.165) is 36.0 Å². The summed E-state index contributed by atoms with van der Waals surface area (Å²) in [7, 11) is 3.23. The van der Waals surface area contributed by atoms with Crippen molar-refractivity contribution in [2.75, 3.05) is 14.2 Å². The molecule has 0 saturated carbocycles. The fraction of sp³-hybridized carbons (Fsp3) is 0.400. The molecule has 0 spiro atoms. The van der Waals surface area contributed by atoms with Crippen LogP contribution in [0, 0.1) is 5.92 Å². The number of urea groups is 1. The van der Waals surface area contributed by atoms with Crippen LogP contribution in [0.1, 0.15) is 55.6 Å². The van der Waals surface area contributed by atoms with Crippen LogP contribution in [-0.4, -0.2) is 25.2 Å². The molecule has 1 heterocycles. The number of H-pyrrole nitrogens is 1. The van der Waals surface area contributed by atoms with Crippen LogP contribution in [0.3, 0.4) is 0 Å². The number of carbonyl (C=O) groups is 1. The Hall–Kier alpha value is -3.15. The maximum absolute atomic E-state index is 13.0. The largest absolute Gasteiger partial charge is 0.493 e. The van der Waals surface area contributed by atoms with Crippen molar-refractivity contribution in [2.45, 2.75) is 45.2 Å². The van der Waals surface area contributed by atoms with Gasteiger partial charge < -0.3 is 25.1 Å². The number of aromatic nitrogens is 1. The molecule has 6 heteroatoms. The van der Waals surface area contributed by atoms with Crippen LogP contribution in [0.5, 0.6) is 11.5 Å². The third-order valence-electron chi connectivity index (χ3n) is 6.14. The monoisotopic (exact) mass is 421 g/mol. The van der Waals surface area contributed by atoms with Crippen molar-refractivity contribution in [1.29, 1.82) is 0 Å². The van der Waals surface area contributed by atoms with E-state index in [9.17, 15) is 4.79 Å². The van der Waals surface area contributed by atoms with Crippen molar-refractivity contribution >= 4 is 16.9 Å². The molecule has 0 saturated heterocycles. The highest BCUT2D eigenvalue weighted by molar-refractivity contribution is 5.85. The Morgan fingerprint density at radius 3 is 2.61 bits per heavy atom. The molecule has 0 bridgehead atoms. The second-order valence-electron chi connectivity index (χ2n) is 8.46. The molecular weight excluding hydrogens is 390 g/mol. The molecule has 0 radical (unpaired) electrons. The van der Waals surface area contributed by atoms with Gasteiger partial charge in [-0.05, 0) is 54.5 Å². The predicted octanol–water partition coefficient (Wildman–Crippen LogP) is 5.26. The fourth-order valence-corrected chi connectivity index (χ4v) is 4.58. The van der Waals surface area contributed by atoms with Crippen molar-refractivity contribution in [3.63, 3.8) is 0 Å². The van der Waals surface area contributed by atoms with E-state index < -0.39 is 0 Å². The van der Waals surface area contributed by atoms with Crippen LogP contribution in [-0.2, 0) is 6.42 Å². The van der Waals surface area contributed by atoms with Crippen LogP contribution in [0.2, 0.25) is 0 Å². The number of aromatic amines is 1. The lowest BCUT2D eigenvalue weighted by Gasteiger charge is -2.27. The number of para-hydroxylation sites is 1. The second-order valence-corrected chi connectivity index (χ2v) is 8.46. The molecule has 164 valence electrons. The summed E-state index contributed by atoms with van der Waals surface area (Å²) in [4.78, 5) is 16.5. The molecule has 1 aliphatic rings. The highest BCUT2D eigenvalue weighted by Crippen LogP contribution is 2.35. The Kier molecular flexibility index (Phi) is 6.07. The molecule has 31 heavy (non-hydrogen) atoms. The van der Waals surface area contributed by atoms with Gasteiger partial charge in [0.2, 0.25) is 0 Å². The van der Waals surface area contributed by atoms with E-state index in [1.165, 1.54) is 10.9 Å². The second kappa shape index (κ2) is 8.92. The minimum atomic E-state index is -0.162. The first-order valence-electron chi connectivity index (χ1n) is 10.9. The van der Waals surface area contributed by atoms with Crippen molar-refractivity contribution in [1.82, 2.24) is 15.6 Å². The zero-order chi connectivity index (χ0) is 22.0. The van der Waals surface area contributed by atoms with Gasteiger partial charge in [0.1, 0.15) is 0 Å². The van der Waals surface area contributed by atoms with Crippen LogP contribution in [0.15, 0.2) is 42.5 Å². The van der Waals surface area contributed by atoms with Gasteiger partial charge in [0.25, 0.3) is 0 Å². The fourth-order valence-electron chi connectivity index (χ4n) is 4.58. The van der Waals surface area contributed by atoms with Crippen molar-refractivity contribution in [2.24, 2.45) is 5.92 Å². The number of ether oxygens (including phenoxy) is 2. The molecular formula is C25H31N3O3. The molecule has 1 aliphatic carbocycles. The SMILES string of the molecule is COc1ccc([C@@H](NC(=O)N[C@@H]2CCCc3c2[nH]c2ccccc32)C(C)C)cc1OC. The summed E-state index contributed by atoms with van der Waals surface area (Å²) in [6, 6.07) is 13.8. The molecule has 3 aromatic rings. The third-order valence-corrected chi connectivity index (χ3v) is 6.14. The molecule has 3 N–H and O–H groups in total. The number of hydrogen-bond donors (Lipinski definition) is 3. The summed E-state index contributed by atoms with van der Waals surface area (Å²) in [5.41, 5.74) is 4.58. The van der Waals surface area contributed by atoms with E-state index in [-0.39, 0.29) is 24.0 Å². The number of amides is 2. The number of fused-ring (bicyclic) bond motifs is 3. The lowest BCUT2D eigenvalue weighted by atomic mass is 9.91. The van der Waals surface area contributed by atoms with Gasteiger partial charge in [-0.2, -0.15) is 0 Å². The number of rotatable bonds is 6. The topological polar surface area (TPSA) is 75.4 Å². The number of hydrogen-bond acceptors (Lipinski definition) is 3. The summed E-state index contributed by atoms with van der Waals surface area (Å²) in [6.45, 7) is 4.19. The van der Waals surface area contributed by atoms with Gasteiger partial charge in [-0.25, -0.2) is 4.79 Å². The summed E-state index contributed by atoms with van der Waals surface area (Å²) in [5, 5.41) is 7.64. The molecule has 2 amide bonds. The first-order chi connectivity index (χ1) is 15.0. The summed E-state index contributed by atoms with van der Waals surface area (Å²) < 4.78 is 10.8. The molecule has 4 rings (SSSR count). The van der Waals surface area contributed by atoms with Gasteiger partial charge in [-0.3, -0.25) is 0 Å². The number of aryl methyl sites for hydroxylation is 1. The van der Waals surface area contributed by atoms with Gasteiger partial charge in [0.15, 0.2) is 11.5 Å². The van der Waals surface area contributed by atoms with Crippen LogP contribution < -0.4 is 20.1 Å². The maximum Gasteiger partial charge on any atom is 0.315 e. The molecule has 0 aliphatic heterocycles. The van der Waals surface area contributed by atoms with E-state index in [4.69, 9.17) is 9.47 Å². The Labute approximate surface area is 183 Å². The van der Waals surface area contributed by atoms with E-state index >= 15 is 0 Å². The van der Waals surface area contributed by atoms with Gasteiger partial charge in [0.05, 0.1) is 26.3 Å². The van der Waals surface area contributed by atoms with Crippen molar-refractivity contribution in [3.8, 4) is 11.5 Å². The normalized spacial score (nSPS) is 16.6. The maximum atomic E-state index is 13.0. The molecule has 6 nitrogen and oxygen atoms in total. The molecule has 0 fully saturated rings. The third kappa shape index (κ3) is 4.20. The molecule has 2 aromatic carbocycles. The number of methoxy groups -OCH3 is 2. The summed E-state index contributed by atoms with van der Waals surface area (Å²) >= 11 is 0. The number of nitrogens with one attached hydrogen (secondary N) is 3. The van der Waals surface area contributed by atoms with Crippen molar-refractivity contribution in [3.05, 3.63) is 59.3 Å². The van der Waals surface area contributed by atoms with Crippen LogP contribution in [0.4, 0.5) is 4.79 Å². The van der Waals surface area contributed by atoms with Gasteiger partial charge in [-0.1, -0.05) is 38.1 Å². The minimum Gasteiger partial charge on any atom is -0.493 e. The zero-order valence-corrected chi connectivity index (χ0v) is 18.6. The summed E-state index contributed by atoms with van der Waals surface area (Å²) in [5.74, 6) is 1.54. The lowest BCUT2D eigenvalue weighted by Crippen LogP contribution is -2.42. The standard InChI is InChI=1S/C25H31N3O3/c1-15(2)23(16-12-13-21(30-3)22(14-16)31-4)28-25(29)27-20-11-7-9-18-17-8-5-6-10-19(17)26-24(18)20/h5-6,8,10,12-15,20,23,26H,7,9,11H2,1-4H3,(H2,27,28,29)/t20-,23+/m1/s1. The average molecular weight is 422 g/mol. The van der Waals surface area contributed by atoms with E-state index in [1.807, 2.05) is 24.3 Å². The average Bonchev–Trinajstić information content (AvgIpc) is 3.16. The van der Waals surface area contributed by atoms with E-state index in [2.05, 4.69) is 47.7 Å². The van der Waals surface area contributed by atoms with E-state index in [1.54, 1.807) is 14.2 Å². The zero-order valence-electron chi connectivity index (χ0n) is 18.6. The highest BCUT2D eigenvalue weighted by atomic mass is 16.5. The molecule has 1 aromatic heterocycles. The molecule has 0 unspecified atom stereocenters. The summed E-state index contributed by atoms with van der Waals surface area (Å²) in [6.07, 6.45) is 3.03. The Bertz CT molecular complexity index is 1070. The lowest BCUT2D eigenvalue weighted by molar-refractivity contribution is 0.227. The van der Waals surface area contributed by atoms with Gasteiger partial charge in [0, 0.05) is 16.6 Å². The highest BCUT2D eigenvalue weighted by Gasteiger charge is 2.27.